The minimum atomic E-state index is -0.650. The normalized spacial score (nSPS) is 47.2. The molecule has 0 bridgehead atoms. The number of rotatable bonds is 1. The highest BCUT2D eigenvalue weighted by molar-refractivity contribution is 5.99. The Morgan fingerprint density at radius 3 is 2.58 bits per heavy atom. The predicted octanol–water partition coefficient (Wildman–Crippen LogP) is 3.88. The van der Waals surface area contributed by atoms with Crippen LogP contribution in [0.1, 0.15) is 52.4 Å². The van der Waals surface area contributed by atoms with Crippen molar-refractivity contribution < 1.29 is 19.8 Å². The second-order valence-corrected chi connectivity index (χ2v) is 8.73. The van der Waals surface area contributed by atoms with E-state index in [9.17, 15) is 19.8 Å². The smallest absolute Gasteiger partial charge is 0.307 e. The van der Waals surface area contributed by atoms with Crippen LogP contribution in [0.4, 0.5) is 0 Å². The van der Waals surface area contributed by atoms with Gasteiger partial charge in [0.15, 0.2) is 5.78 Å². The van der Waals surface area contributed by atoms with Crippen molar-refractivity contribution in [3.63, 3.8) is 0 Å². The molecule has 0 aromatic carbocycles. The van der Waals surface area contributed by atoms with Crippen molar-refractivity contribution >= 4 is 11.8 Å². The third kappa shape index (κ3) is 1.86. The van der Waals surface area contributed by atoms with Gasteiger partial charge >= 0.3 is 5.97 Å². The highest BCUT2D eigenvalue weighted by atomic mass is 16.4. The summed E-state index contributed by atoms with van der Waals surface area (Å²) >= 11 is 0. The first-order chi connectivity index (χ1) is 11.3. The number of carbonyl (C=O) groups excluding carboxylic acids is 1. The summed E-state index contributed by atoms with van der Waals surface area (Å²) in [6, 6.07) is 0. The van der Waals surface area contributed by atoms with Crippen LogP contribution >= 0.6 is 0 Å². The Morgan fingerprint density at radius 2 is 1.88 bits per heavy atom. The Morgan fingerprint density at radius 1 is 1.12 bits per heavy atom. The number of carboxylic acid groups (broad SMARTS) is 1. The molecule has 2 N–H and O–H groups in total. The van der Waals surface area contributed by atoms with Crippen LogP contribution in [0, 0.1) is 34.5 Å². The van der Waals surface area contributed by atoms with E-state index in [1.165, 1.54) is 6.08 Å². The van der Waals surface area contributed by atoms with Gasteiger partial charge in [0.25, 0.3) is 0 Å². The molecule has 4 heteroatoms. The van der Waals surface area contributed by atoms with E-state index in [0.29, 0.717) is 11.8 Å². The fourth-order valence-corrected chi connectivity index (χ4v) is 6.70. The van der Waals surface area contributed by atoms with Crippen molar-refractivity contribution in [2.45, 2.75) is 52.4 Å². The van der Waals surface area contributed by atoms with Gasteiger partial charge in [-0.25, -0.2) is 0 Å². The van der Waals surface area contributed by atoms with Crippen LogP contribution in [0.25, 0.3) is 0 Å². The molecule has 130 valence electrons. The fourth-order valence-electron chi connectivity index (χ4n) is 6.70. The predicted molar refractivity (Wildman–Crippen MR) is 89.3 cm³/mol. The highest BCUT2D eigenvalue weighted by Gasteiger charge is 2.61. The minimum absolute atomic E-state index is 0.0311. The molecule has 0 amide bonds. The summed E-state index contributed by atoms with van der Waals surface area (Å²) in [5.74, 6) is 0.333. The fraction of sp³-hybridized carbons (Fsp3) is 0.700. The molecule has 6 atom stereocenters. The van der Waals surface area contributed by atoms with E-state index in [2.05, 4.69) is 6.92 Å². The lowest BCUT2D eigenvalue weighted by Crippen LogP contribution is -2.53. The van der Waals surface area contributed by atoms with Crippen LogP contribution in [-0.4, -0.2) is 22.0 Å². The number of carbonyl (C=O) groups is 2. The zero-order valence-electron chi connectivity index (χ0n) is 14.4. The zero-order chi connectivity index (χ0) is 17.3. The lowest BCUT2D eigenvalue weighted by molar-refractivity contribution is -0.150. The van der Waals surface area contributed by atoms with Gasteiger partial charge in [-0.2, -0.15) is 0 Å². The zero-order valence-corrected chi connectivity index (χ0v) is 14.4. The largest absolute Gasteiger partial charge is 0.508 e. The molecule has 24 heavy (non-hydrogen) atoms. The molecule has 3 fully saturated rings. The Labute approximate surface area is 142 Å². The van der Waals surface area contributed by atoms with Gasteiger partial charge in [0.05, 0.1) is 11.3 Å². The minimum Gasteiger partial charge on any atom is -0.508 e. The van der Waals surface area contributed by atoms with Gasteiger partial charge in [0, 0.05) is 6.08 Å². The number of aliphatic hydroxyl groups is 1. The Kier molecular flexibility index (Phi) is 3.29. The number of aliphatic carboxylic acids is 1. The molecule has 0 aromatic rings. The number of carboxylic acids is 1. The lowest BCUT2D eigenvalue weighted by atomic mass is 9.47. The van der Waals surface area contributed by atoms with E-state index in [-0.39, 0.29) is 28.8 Å². The van der Waals surface area contributed by atoms with E-state index in [0.717, 1.165) is 44.1 Å². The summed E-state index contributed by atoms with van der Waals surface area (Å²) < 4.78 is 0. The van der Waals surface area contributed by atoms with Gasteiger partial charge in [0.2, 0.25) is 0 Å². The first-order valence-corrected chi connectivity index (χ1v) is 9.17. The van der Waals surface area contributed by atoms with Crippen molar-refractivity contribution in [3.8, 4) is 0 Å². The molecule has 0 unspecified atom stereocenters. The Balaban J connectivity index is 1.71. The lowest BCUT2D eigenvalue weighted by Gasteiger charge is -2.56. The van der Waals surface area contributed by atoms with Crippen molar-refractivity contribution in [3.05, 3.63) is 23.5 Å². The van der Waals surface area contributed by atoms with Crippen molar-refractivity contribution in [2.24, 2.45) is 34.5 Å². The number of hydrogen-bond acceptors (Lipinski definition) is 3. The topological polar surface area (TPSA) is 74.6 Å². The number of aliphatic hydroxyl groups excluding tert-OH is 1. The van der Waals surface area contributed by atoms with Crippen molar-refractivity contribution in [1.82, 2.24) is 0 Å². The third-order valence-electron chi connectivity index (χ3n) is 8.00. The molecular formula is C20H26O4. The number of ketones is 1. The van der Waals surface area contributed by atoms with E-state index >= 15 is 0 Å². The van der Waals surface area contributed by atoms with Crippen molar-refractivity contribution in [1.29, 1.82) is 0 Å². The second kappa shape index (κ2) is 4.96. The van der Waals surface area contributed by atoms with E-state index in [4.69, 9.17) is 0 Å². The van der Waals surface area contributed by atoms with Crippen LogP contribution in [0.5, 0.6) is 0 Å². The number of hydrogen-bond donors (Lipinski definition) is 2. The van der Waals surface area contributed by atoms with Gasteiger partial charge in [-0.1, -0.05) is 12.5 Å². The quantitative estimate of drug-likeness (QED) is 0.765. The molecule has 3 saturated carbocycles. The molecule has 4 aliphatic carbocycles. The SMILES string of the molecule is C[C@]12C(=O)C=C(O)C=C1CC[C@@H]1[C@@H]2CC[C@]2(C)[C@@H](C(=O)O)CC[C@@H]12. The summed E-state index contributed by atoms with van der Waals surface area (Å²) in [4.78, 5) is 24.5. The Bertz CT molecular complexity index is 675. The third-order valence-corrected chi connectivity index (χ3v) is 8.00. The van der Waals surface area contributed by atoms with Crippen LogP contribution in [0.15, 0.2) is 23.5 Å². The second-order valence-electron chi connectivity index (χ2n) is 8.73. The molecule has 4 aliphatic rings. The number of allylic oxidation sites excluding steroid dienone is 3. The molecular weight excluding hydrogens is 304 g/mol. The maximum absolute atomic E-state index is 12.8. The Hall–Kier alpha value is -1.58. The van der Waals surface area contributed by atoms with Gasteiger partial charge < -0.3 is 10.2 Å². The van der Waals surface area contributed by atoms with Gasteiger partial charge in [-0.15, -0.1) is 0 Å². The van der Waals surface area contributed by atoms with Crippen LogP contribution in [0.2, 0.25) is 0 Å². The molecule has 4 nitrogen and oxygen atoms in total. The summed E-state index contributed by atoms with van der Waals surface area (Å²) in [6.07, 6.45) is 8.57. The molecule has 4 rings (SSSR count). The van der Waals surface area contributed by atoms with E-state index < -0.39 is 11.4 Å². The van der Waals surface area contributed by atoms with Gasteiger partial charge in [-0.3, -0.25) is 9.59 Å². The maximum atomic E-state index is 12.8. The molecule has 0 aliphatic heterocycles. The summed E-state index contributed by atoms with van der Waals surface area (Å²) in [7, 11) is 0. The molecule has 0 radical (unpaired) electrons. The monoisotopic (exact) mass is 330 g/mol. The average molecular weight is 330 g/mol. The summed E-state index contributed by atoms with van der Waals surface area (Å²) in [6.45, 7) is 4.22. The highest BCUT2D eigenvalue weighted by Crippen LogP contribution is 2.65. The first-order valence-electron chi connectivity index (χ1n) is 9.17. The van der Waals surface area contributed by atoms with Crippen LogP contribution in [-0.2, 0) is 9.59 Å². The molecule has 0 aromatic heterocycles. The van der Waals surface area contributed by atoms with E-state index in [1.54, 1.807) is 6.08 Å². The van der Waals surface area contributed by atoms with Gasteiger partial charge in [-0.05, 0) is 74.7 Å². The van der Waals surface area contributed by atoms with Gasteiger partial charge in [0.1, 0.15) is 5.76 Å². The summed E-state index contributed by atoms with van der Waals surface area (Å²) in [5.41, 5.74) is 0.447. The molecule has 0 saturated heterocycles. The van der Waals surface area contributed by atoms with E-state index in [1.807, 2.05) is 6.92 Å². The molecule has 0 heterocycles. The van der Waals surface area contributed by atoms with Crippen LogP contribution < -0.4 is 0 Å². The summed E-state index contributed by atoms with van der Waals surface area (Å²) in [5, 5.41) is 19.4. The standard InChI is InChI=1S/C20H26O4/c1-19-8-7-15-13(14(19)5-6-16(19)18(23)24)4-3-11-9-12(21)10-17(22)20(11,15)2/h9-10,13-16,21H,3-8H2,1-2H3,(H,23,24)/t13-,14-,15-,16+,19-,20-/m0/s1. The molecule has 0 spiro atoms. The average Bonchev–Trinajstić information content (AvgIpc) is 2.86. The first kappa shape index (κ1) is 15.9. The number of fused-ring (bicyclic) bond motifs is 5. The van der Waals surface area contributed by atoms with Crippen LogP contribution in [0.3, 0.4) is 0 Å². The van der Waals surface area contributed by atoms with Crippen molar-refractivity contribution in [2.75, 3.05) is 0 Å². The maximum Gasteiger partial charge on any atom is 0.307 e.